The summed E-state index contributed by atoms with van der Waals surface area (Å²) < 4.78 is 5.35. The van der Waals surface area contributed by atoms with Crippen LogP contribution in [0.15, 0.2) is 18.3 Å². The quantitative estimate of drug-likeness (QED) is 0.788. The lowest BCUT2D eigenvalue weighted by molar-refractivity contribution is 0.122. The number of nitrogens with zero attached hydrogens (tertiary/aromatic N) is 3. The molecule has 1 aromatic rings. The Hall–Kier alpha value is -1.86. The van der Waals surface area contributed by atoms with Gasteiger partial charge < -0.3 is 25.2 Å². The first kappa shape index (κ1) is 19.5. The van der Waals surface area contributed by atoms with Crippen molar-refractivity contribution in [1.29, 1.82) is 0 Å². The number of hydrogen-bond donors (Lipinski definition) is 2. The lowest BCUT2D eigenvalue weighted by Crippen LogP contribution is -2.44. The van der Waals surface area contributed by atoms with Gasteiger partial charge in [-0.1, -0.05) is 13.8 Å². The van der Waals surface area contributed by atoms with Gasteiger partial charge in [-0.15, -0.1) is 0 Å². The summed E-state index contributed by atoms with van der Waals surface area (Å²) >= 11 is 0. The summed E-state index contributed by atoms with van der Waals surface area (Å²) in [4.78, 5) is 21.0. The van der Waals surface area contributed by atoms with Crippen LogP contribution in [0.5, 0.6) is 0 Å². The summed E-state index contributed by atoms with van der Waals surface area (Å²) in [6.45, 7) is 8.30. The van der Waals surface area contributed by atoms with Crippen LogP contribution in [0.3, 0.4) is 0 Å². The average Bonchev–Trinajstić information content (AvgIpc) is 2.55. The molecular weight excluding hydrogens is 318 g/mol. The van der Waals surface area contributed by atoms with E-state index in [0.717, 1.165) is 45.1 Å². The van der Waals surface area contributed by atoms with Crippen molar-refractivity contribution in [2.24, 2.45) is 5.92 Å². The summed E-state index contributed by atoms with van der Waals surface area (Å²) in [6.07, 6.45) is 2.65. The van der Waals surface area contributed by atoms with Crippen molar-refractivity contribution in [1.82, 2.24) is 15.2 Å². The molecule has 7 nitrogen and oxygen atoms in total. The molecule has 1 aliphatic heterocycles. The highest BCUT2D eigenvalue weighted by Gasteiger charge is 2.16. The Balaban J connectivity index is 1.88. The summed E-state index contributed by atoms with van der Waals surface area (Å²) in [5.74, 6) is 1.44. The van der Waals surface area contributed by atoms with E-state index in [9.17, 15) is 4.79 Å². The van der Waals surface area contributed by atoms with Crippen molar-refractivity contribution in [2.75, 3.05) is 57.2 Å². The number of ether oxygens (including phenoxy) is 1. The minimum absolute atomic E-state index is 0.121. The monoisotopic (exact) mass is 349 g/mol. The standard InChI is InChI=1S/C18H31N5O2/c1-14(2)11-16(13-22(3)4)21-18(24)20-15-5-6-17(19-12-15)23-7-9-25-10-8-23/h5-6,12,14,16H,7-11,13H2,1-4H3,(H2,20,21,24). The van der Waals surface area contributed by atoms with Crippen molar-refractivity contribution in [3.05, 3.63) is 18.3 Å². The lowest BCUT2D eigenvalue weighted by Gasteiger charge is -2.27. The summed E-state index contributed by atoms with van der Waals surface area (Å²) in [6, 6.07) is 3.76. The molecule has 1 atom stereocenters. The summed E-state index contributed by atoms with van der Waals surface area (Å²) in [5.41, 5.74) is 0.697. The predicted molar refractivity (Wildman–Crippen MR) is 101 cm³/mol. The van der Waals surface area contributed by atoms with Crippen LogP contribution in [0.2, 0.25) is 0 Å². The van der Waals surface area contributed by atoms with Gasteiger partial charge in [-0.3, -0.25) is 0 Å². The molecule has 25 heavy (non-hydrogen) atoms. The molecule has 0 spiro atoms. The molecular formula is C18H31N5O2. The smallest absolute Gasteiger partial charge is 0.319 e. The van der Waals surface area contributed by atoms with Gasteiger partial charge in [0, 0.05) is 25.7 Å². The fraction of sp³-hybridized carbons (Fsp3) is 0.667. The van der Waals surface area contributed by atoms with Gasteiger partial charge in [0.2, 0.25) is 0 Å². The van der Waals surface area contributed by atoms with Gasteiger partial charge in [-0.2, -0.15) is 0 Å². The van der Waals surface area contributed by atoms with Gasteiger partial charge in [0.15, 0.2) is 0 Å². The normalized spacial score (nSPS) is 16.2. The van der Waals surface area contributed by atoms with E-state index < -0.39 is 0 Å². The van der Waals surface area contributed by atoms with E-state index in [4.69, 9.17) is 4.74 Å². The number of morpholine rings is 1. The van der Waals surface area contributed by atoms with E-state index in [-0.39, 0.29) is 12.1 Å². The Morgan fingerprint density at radius 1 is 1.32 bits per heavy atom. The second-order valence-electron chi connectivity index (χ2n) is 7.19. The zero-order valence-electron chi connectivity index (χ0n) is 15.8. The second-order valence-corrected chi connectivity index (χ2v) is 7.19. The number of amides is 2. The lowest BCUT2D eigenvalue weighted by atomic mass is 10.0. The van der Waals surface area contributed by atoms with Crippen LogP contribution in [-0.4, -0.2) is 68.9 Å². The summed E-state index contributed by atoms with van der Waals surface area (Å²) in [5, 5.41) is 5.93. The number of urea groups is 1. The molecule has 0 aliphatic carbocycles. The molecule has 1 fully saturated rings. The van der Waals surface area contributed by atoms with Gasteiger partial charge in [-0.25, -0.2) is 9.78 Å². The molecule has 7 heteroatoms. The minimum Gasteiger partial charge on any atom is -0.378 e. The maximum atomic E-state index is 12.3. The molecule has 0 bridgehead atoms. The Bertz CT molecular complexity index is 517. The number of carbonyl (C=O) groups is 1. The Morgan fingerprint density at radius 2 is 2.04 bits per heavy atom. The molecule has 1 unspecified atom stereocenters. The van der Waals surface area contributed by atoms with Crippen LogP contribution in [0, 0.1) is 5.92 Å². The van der Waals surface area contributed by atoms with Crippen LogP contribution in [0.25, 0.3) is 0 Å². The topological polar surface area (TPSA) is 69.7 Å². The average molecular weight is 349 g/mol. The van der Waals surface area contributed by atoms with Crippen molar-refractivity contribution >= 4 is 17.5 Å². The maximum absolute atomic E-state index is 12.3. The van der Waals surface area contributed by atoms with Crippen LogP contribution in [-0.2, 0) is 4.74 Å². The third-order valence-electron chi connectivity index (χ3n) is 4.02. The van der Waals surface area contributed by atoms with E-state index in [1.165, 1.54) is 0 Å². The first-order chi connectivity index (χ1) is 11.9. The third kappa shape index (κ3) is 6.88. The number of anilines is 2. The van der Waals surface area contributed by atoms with Gasteiger partial charge in [0.05, 0.1) is 25.1 Å². The molecule has 2 rings (SSSR count). The van der Waals surface area contributed by atoms with Gasteiger partial charge in [-0.05, 0) is 38.6 Å². The highest BCUT2D eigenvalue weighted by molar-refractivity contribution is 5.89. The second kappa shape index (κ2) is 9.58. The van der Waals surface area contributed by atoms with Crippen LogP contribution in [0.4, 0.5) is 16.3 Å². The molecule has 0 aromatic carbocycles. The summed E-state index contributed by atoms with van der Waals surface area (Å²) in [7, 11) is 4.03. The molecule has 0 radical (unpaired) electrons. The van der Waals surface area contributed by atoms with Crippen LogP contribution < -0.4 is 15.5 Å². The number of carbonyl (C=O) groups excluding carboxylic acids is 1. The van der Waals surface area contributed by atoms with Crippen molar-refractivity contribution in [3.63, 3.8) is 0 Å². The number of rotatable bonds is 7. The first-order valence-electron chi connectivity index (χ1n) is 8.95. The maximum Gasteiger partial charge on any atom is 0.319 e. The number of nitrogens with one attached hydrogen (secondary N) is 2. The van der Waals surface area contributed by atoms with Crippen molar-refractivity contribution in [2.45, 2.75) is 26.3 Å². The predicted octanol–water partition coefficient (Wildman–Crippen LogP) is 2.02. The number of hydrogen-bond acceptors (Lipinski definition) is 5. The van der Waals surface area contributed by atoms with E-state index in [1.54, 1.807) is 6.20 Å². The SMILES string of the molecule is CC(C)CC(CN(C)C)NC(=O)Nc1ccc(N2CCOCC2)nc1. The fourth-order valence-corrected chi connectivity index (χ4v) is 2.98. The fourth-order valence-electron chi connectivity index (χ4n) is 2.98. The molecule has 1 aromatic heterocycles. The third-order valence-corrected chi connectivity index (χ3v) is 4.02. The molecule has 1 saturated heterocycles. The van der Waals surface area contributed by atoms with Crippen molar-refractivity contribution < 1.29 is 9.53 Å². The van der Waals surface area contributed by atoms with E-state index in [2.05, 4.69) is 39.3 Å². The molecule has 0 saturated carbocycles. The molecule has 2 amide bonds. The minimum atomic E-state index is -0.187. The molecule has 140 valence electrons. The van der Waals surface area contributed by atoms with Crippen molar-refractivity contribution in [3.8, 4) is 0 Å². The Kier molecular flexibility index (Phi) is 7.46. The Labute approximate surface area is 150 Å². The van der Waals surface area contributed by atoms with E-state index in [1.807, 2.05) is 26.2 Å². The highest BCUT2D eigenvalue weighted by Crippen LogP contribution is 2.15. The van der Waals surface area contributed by atoms with Crippen LogP contribution >= 0.6 is 0 Å². The van der Waals surface area contributed by atoms with E-state index in [0.29, 0.717) is 11.6 Å². The zero-order valence-corrected chi connectivity index (χ0v) is 15.8. The number of aromatic nitrogens is 1. The number of pyridine rings is 1. The molecule has 2 heterocycles. The molecule has 1 aliphatic rings. The Morgan fingerprint density at radius 3 is 2.60 bits per heavy atom. The van der Waals surface area contributed by atoms with Gasteiger partial charge in [0.1, 0.15) is 5.82 Å². The zero-order chi connectivity index (χ0) is 18.2. The highest BCUT2D eigenvalue weighted by atomic mass is 16.5. The largest absolute Gasteiger partial charge is 0.378 e. The van der Waals surface area contributed by atoms with Gasteiger partial charge >= 0.3 is 6.03 Å². The first-order valence-corrected chi connectivity index (χ1v) is 8.95. The van der Waals surface area contributed by atoms with E-state index >= 15 is 0 Å². The number of likely N-dealkylation sites (N-methyl/N-ethyl adjacent to an activating group) is 1. The van der Waals surface area contributed by atoms with Crippen LogP contribution in [0.1, 0.15) is 20.3 Å². The molecule has 2 N–H and O–H groups in total. The van der Waals surface area contributed by atoms with Gasteiger partial charge in [0.25, 0.3) is 0 Å².